The zero-order valence-electron chi connectivity index (χ0n) is 4.39. The van der Waals surface area contributed by atoms with Gasteiger partial charge in [-0.2, -0.15) is 0 Å². The number of nitrogens with one attached hydrogen (secondary N) is 1. The van der Waals surface area contributed by atoms with Crippen molar-refractivity contribution in [3.8, 4) is 0 Å². The Labute approximate surface area is 48.0 Å². The van der Waals surface area contributed by atoms with Crippen molar-refractivity contribution in [1.29, 1.82) is 5.41 Å². The van der Waals surface area contributed by atoms with Gasteiger partial charge in [0.2, 0.25) is 0 Å². The van der Waals surface area contributed by atoms with Gasteiger partial charge in [-0.15, -0.1) is 0 Å². The summed E-state index contributed by atoms with van der Waals surface area (Å²) in [5.41, 5.74) is 2.23. The van der Waals surface area contributed by atoms with E-state index in [0.29, 0.717) is 0 Å². The Morgan fingerprint density at radius 3 is 2.75 bits per heavy atom. The molecule has 0 amide bonds. The van der Waals surface area contributed by atoms with Gasteiger partial charge in [0.05, 0.1) is 0 Å². The fourth-order valence-electron chi connectivity index (χ4n) is 0.198. The van der Waals surface area contributed by atoms with E-state index in [-0.39, 0.29) is 5.76 Å². The Bertz CT molecular complexity index is 152. The maximum atomic E-state index is 8.54. The lowest BCUT2D eigenvalue weighted by Gasteiger charge is -1.77. The van der Waals surface area contributed by atoms with Gasteiger partial charge in [-0.05, 0) is 12.2 Å². The lowest BCUT2D eigenvalue weighted by molar-refractivity contribution is 0.434. The van der Waals surface area contributed by atoms with E-state index in [1.165, 1.54) is 12.2 Å². The Kier molecular flexibility index (Phi) is 3.28. The first-order valence-corrected chi connectivity index (χ1v) is 2.07. The second kappa shape index (κ2) is 3.90. The average molecular weight is 109 g/mol. The highest BCUT2D eigenvalue weighted by Crippen LogP contribution is 1.82. The van der Waals surface area contributed by atoms with Crippen molar-refractivity contribution in [2.75, 3.05) is 0 Å². The Balaban J connectivity index is 3.89. The molecule has 0 bridgehead atoms. The van der Waals surface area contributed by atoms with Gasteiger partial charge in [0.25, 0.3) is 0 Å². The predicted octanol–water partition coefficient (Wildman–Crippen LogP) is 1.42. The smallest absolute Gasteiger partial charge is 0.158 e. The molecule has 0 fully saturated rings. The lowest BCUT2D eigenvalue weighted by atomic mass is 10.4. The molecule has 0 aromatic heterocycles. The molecule has 0 heterocycles. The van der Waals surface area contributed by atoms with Crippen LogP contribution in [0.25, 0.3) is 0 Å². The molecule has 42 valence electrons. The number of rotatable bonds is 2. The molecule has 0 aliphatic rings. The summed E-state index contributed by atoms with van der Waals surface area (Å²) in [6, 6.07) is 0. The normalized spacial score (nSPS) is 8.50. The summed E-state index contributed by atoms with van der Waals surface area (Å²) >= 11 is 0. The standard InChI is InChI=1S/C6H7NO/c1-2-6(8)4-3-5-7/h3-5,7-8H,1H2/b4-3-,7-5?. The highest BCUT2D eigenvalue weighted by molar-refractivity contribution is 5.68. The minimum atomic E-state index is -0.0477. The predicted molar refractivity (Wildman–Crippen MR) is 33.2 cm³/mol. The third-order valence-electron chi connectivity index (χ3n) is 0.531. The van der Waals surface area contributed by atoms with Crippen LogP contribution in [0.1, 0.15) is 0 Å². The van der Waals surface area contributed by atoms with Gasteiger partial charge >= 0.3 is 0 Å². The minimum Gasteiger partial charge on any atom is -0.501 e. The van der Waals surface area contributed by atoms with Crippen LogP contribution in [0.5, 0.6) is 0 Å². The molecule has 0 aliphatic carbocycles. The first-order valence-electron chi connectivity index (χ1n) is 2.07. The fraction of sp³-hybridized carbons (Fsp3) is 0. The Morgan fingerprint density at radius 2 is 2.38 bits per heavy atom. The molecule has 8 heavy (non-hydrogen) atoms. The molecule has 2 N–H and O–H groups in total. The number of aliphatic hydroxyl groups is 1. The molecule has 0 radical (unpaired) electrons. The number of allylic oxidation sites excluding steroid dienone is 2. The topological polar surface area (TPSA) is 44.1 Å². The molecular formula is C6H7NO. The summed E-state index contributed by atoms with van der Waals surface area (Å²) in [4.78, 5) is 0. The van der Waals surface area contributed by atoms with Crippen molar-refractivity contribution in [1.82, 2.24) is 0 Å². The average Bonchev–Trinajstić information content (AvgIpc) is 1.83. The highest BCUT2D eigenvalue weighted by atomic mass is 16.3. The maximum absolute atomic E-state index is 8.54. The first kappa shape index (κ1) is 6.73. The second-order valence-corrected chi connectivity index (χ2v) is 1.09. The summed E-state index contributed by atoms with van der Waals surface area (Å²) in [6.07, 6.45) is 3.78. The zero-order chi connectivity index (χ0) is 6.41. The van der Waals surface area contributed by atoms with Crippen molar-refractivity contribution in [3.63, 3.8) is 0 Å². The number of aliphatic hydroxyl groups excluding tert-OH is 1. The molecule has 0 aliphatic heterocycles. The molecular weight excluding hydrogens is 102 g/mol. The maximum Gasteiger partial charge on any atom is 0.158 e. The summed E-state index contributed by atoms with van der Waals surface area (Å²) in [5.74, 6) is -0.0477. The van der Waals surface area contributed by atoms with Gasteiger partial charge < -0.3 is 10.5 Å². The van der Waals surface area contributed by atoms with Crippen LogP contribution < -0.4 is 0 Å². The molecule has 0 atom stereocenters. The van der Waals surface area contributed by atoms with Gasteiger partial charge in [0.15, 0.2) is 5.76 Å². The van der Waals surface area contributed by atoms with Gasteiger partial charge in [-0.25, -0.2) is 0 Å². The molecule has 0 rings (SSSR count). The molecule has 0 aromatic rings. The van der Waals surface area contributed by atoms with E-state index in [1.54, 1.807) is 0 Å². The van der Waals surface area contributed by atoms with Crippen molar-refractivity contribution in [3.05, 3.63) is 30.2 Å². The molecule has 0 aromatic carbocycles. The van der Waals surface area contributed by atoms with Crippen LogP contribution in [0.2, 0.25) is 0 Å². The summed E-state index contributed by atoms with van der Waals surface area (Å²) in [6.45, 7) is 3.18. The van der Waals surface area contributed by atoms with Crippen molar-refractivity contribution in [2.45, 2.75) is 0 Å². The monoisotopic (exact) mass is 109 g/mol. The van der Waals surface area contributed by atoms with Crippen LogP contribution in [0.3, 0.4) is 0 Å². The van der Waals surface area contributed by atoms with E-state index in [9.17, 15) is 0 Å². The van der Waals surface area contributed by atoms with Crippen LogP contribution in [-0.2, 0) is 0 Å². The summed E-state index contributed by atoms with van der Waals surface area (Å²) in [5, 5.41) is 15.0. The molecule has 0 unspecified atom stereocenters. The van der Waals surface area contributed by atoms with Gasteiger partial charge in [0, 0.05) is 6.21 Å². The van der Waals surface area contributed by atoms with Gasteiger partial charge in [-0.3, -0.25) is 0 Å². The van der Waals surface area contributed by atoms with E-state index in [2.05, 4.69) is 12.3 Å². The third-order valence-corrected chi connectivity index (χ3v) is 0.531. The Morgan fingerprint density at radius 1 is 1.75 bits per heavy atom. The highest BCUT2D eigenvalue weighted by Gasteiger charge is 1.73. The summed E-state index contributed by atoms with van der Waals surface area (Å²) in [7, 11) is 0. The van der Waals surface area contributed by atoms with E-state index >= 15 is 0 Å². The van der Waals surface area contributed by atoms with Crippen LogP contribution in [0.15, 0.2) is 30.2 Å². The number of hydrogen-bond acceptors (Lipinski definition) is 2. The van der Waals surface area contributed by atoms with E-state index < -0.39 is 0 Å². The van der Waals surface area contributed by atoms with E-state index in [4.69, 9.17) is 10.5 Å². The second-order valence-electron chi connectivity index (χ2n) is 1.09. The van der Waals surface area contributed by atoms with E-state index in [1.807, 2.05) is 0 Å². The molecule has 2 heteroatoms. The van der Waals surface area contributed by atoms with Crippen molar-refractivity contribution in [2.24, 2.45) is 0 Å². The van der Waals surface area contributed by atoms with Crippen molar-refractivity contribution >= 4 is 6.21 Å². The van der Waals surface area contributed by atoms with Crippen LogP contribution in [-0.4, -0.2) is 11.3 Å². The lowest BCUT2D eigenvalue weighted by Crippen LogP contribution is -1.67. The largest absolute Gasteiger partial charge is 0.501 e. The quantitative estimate of drug-likeness (QED) is 0.239. The zero-order valence-corrected chi connectivity index (χ0v) is 4.39. The third kappa shape index (κ3) is 2.94. The minimum absolute atomic E-state index is 0.0477. The molecule has 2 nitrogen and oxygen atoms in total. The molecule has 0 saturated heterocycles. The number of hydrogen-bond donors (Lipinski definition) is 2. The summed E-state index contributed by atoms with van der Waals surface area (Å²) < 4.78 is 0. The molecule has 0 saturated carbocycles. The van der Waals surface area contributed by atoms with Crippen LogP contribution >= 0.6 is 0 Å². The van der Waals surface area contributed by atoms with E-state index in [0.717, 1.165) is 6.21 Å². The molecule has 0 spiro atoms. The fourth-order valence-corrected chi connectivity index (χ4v) is 0.198. The van der Waals surface area contributed by atoms with Crippen LogP contribution in [0, 0.1) is 5.41 Å². The SMILES string of the molecule is C=C=C(O)/C=C\C=N. The van der Waals surface area contributed by atoms with Crippen LogP contribution in [0.4, 0.5) is 0 Å². The van der Waals surface area contributed by atoms with Gasteiger partial charge in [-0.1, -0.05) is 12.3 Å². The van der Waals surface area contributed by atoms with Crippen molar-refractivity contribution < 1.29 is 5.11 Å². The Hall–Kier alpha value is -1.27. The van der Waals surface area contributed by atoms with Gasteiger partial charge in [0.1, 0.15) is 0 Å². The first-order chi connectivity index (χ1) is 3.81.